The Balaban J connectivity index is 1.92. The molecule has 2 rings (SSSR count). The number of rotatable bonds is 5. The predicted octanol–water partition coefficient (Wildman–Crippen LogP) is 3.63. The first kappa shape index (κ1) is 14.5. The molecule has 0 radical (unpaired) electrons. The Morgan fingerprint density at radius 3 is 2.16 bits per heavy atom. The molecule has 19 heavy (non-hydrogen) atoms. The Kier molecular flexibility index (Phi) is 5.36. The van der Waals surface area contributed by atoms with E-state index in [1.807, 2.05) is 12.1 Å². The van der Waals surface area contributed by atoms with E-state index < -0.39 is 0 Å². The number of hydrogen-bond acceptors (Lipinski definition) is 2. The molecule has 0 fully saturated rings. The van der Waals surface area contributed by atoms with Gasteiger partial charge in [-0.2, -0.15) is 0 Å². The number of halogens is 1. The SMILES string of the molecule is CC(NCc1ccc(CO)cc1)c1ccc(I)cc1. The van der Waals surface area contributed by atoms with E-state index >= 15 is 0 Å². The van der Waals surface area contributed by atoms with Gasteiger partial charge in [0.2, 0.25) is 0 Å². The second-order valence-electron chi connectivity index (χ2n) is 4.63. The molecule has 100 valence electrons. The third kappa shape index (κ3) is 4.30. The van der Waals surface area contributed by atoms with Crippen molar-refractivity contribution in [1.82, 2.24) is 5.32 Å². The first-order valence-corrected chi connectivity index (χ1v) is 7.44. The van der Waals surface area contributed by atoms with E-state index in [1.165, 1.54) is 14.7 Å². The van der Waals surface area contributed by atoms with Crippen molar-refractivity contribution in [3.8, 4) is 0 Å². The maximum atomic E-state index is 9.00. The van der Waals surface area contributed by atoms with Crippen LogP contribution in [0, 0.1) is 3.57 Å². The fraction of sp³-hybridized carbons (Fsp3) is 0.250. The average molecular weight is 367 g/mol. The second-order valence-corrected chi connectivity index (χ2v) is 5.87. The summed E-state index contributed by atoms with van der Waals surface area (Å²) in [5.74, 6) is 0. The zero-order valence-electron chi connectivity index (χ0n) is 10.9. The van der Waals surface area contributed by atoms with Crippen molar-refractivity contribution < 1.29 is 5.11 Å². The summed E-state index contributed by atoms with van der Waals surface area (Å²) in [7, 11) is 0. The van der Waals surface area contributed by atoms with Crippen molar-refractivity contribution in [3.63, 3.8) is 0 Å². The Labute approximate surface area is 128 Å². The Bertz CT molecular complexity index is 507. The maximum Gasteiger partial charge on any atom is 0.0681 e. The highest BCUT2D eigenvalue weighted by atomic mass is 127. The van der Waals surface area contributed by atoms with Crippen LogP contribution in [0.15, 0.2) is 48.5 Å². The zero-order valence-corrected chi connectivity index (χ0v) is 13.1. The number of hydrogen-bond donors (Lipinski definition) is 2. The molecule has 0 saturated carbocycles. The molecule has 1 unspecified atom stereocenters. The number of aliphatic hydroxyl groups is 1. The Hall–Kier alpha value is -0.910. The van der Waals surface area contributed by atoms with Crippen LogP contribution in [0.3, 0.4) is 0 Å². The quantitative estimate of drug-likeness (QED) is 0.791. The van der Waals surface area contributed by atoms with E-state index in [4.69, 9.17) is 5.11 Å². The van der Waals surface area contributed by atoms with Gasteiger partial charge in [-0.05, 0) is 58.3 Å². The average Bonchev–Trinajstić information content (AvgIpc) is 2.46. The van der Waals surface area contributed by atoms with Gasteiger partial charge in [-0.1, -0.05) is 36.4 Å². The molecule has 2 N–H and O–H groups in total. The number of nitrogens with one attached hydrogen (secondary N) is 1. The van der Waals surface area contributed by atoms with Gasteiger partial charge in [0.15, 0.2) is 0 Å². The topological polar surface area (TPSA) is 32.3 Å². The monoisotopic (exact) mass is 367 g/mol. The van der Waals surface area contributed by atoms with E-state index in [2.05, 4.69) is 71.2 Å². The summed E-state index contributed by atoms with van der Waals surface area (Å²) in [6.45, 7) is 3.11. The molecular formula is C16H18INO. The van der Waals surface area contributed by atoms with Crippen LogP contribution in [0.5, 0.6) is 0 Å². The van der Waals surface area contributed by atoms with E-state index in [1.54, 1.807) is 0 Å². The molecular weight excluding hydrogens is 349 g/mol. The van der Waals surface area contributed by atoms with Gasteiger partial charge in [0.05, 0.1) is 6.61 Å². The fourth-order valence-corrected chi connectivity index (χ4v) is 2.26. The van der Waals surface area contributed by atoms with Crippen molar-refractivity contribution in [2.24, 2.45) is 0 Å². The number of aliphatic hydroxyl groups excluding tert-OH is 1. The van der Waals surface area contributed by atoms with Crippen LogP contribution in [-0.2, 0) is 13.2 Å². The minimum absolute atomic E-state index is 0.104. The number of benzene rings is 2. The molecule has 0 bridgehead atoms. The Morgan fingerprint density at radius 1 is 1.00 bits per heavy atom. The lowest BCUT2D eigenvalue weighted by Crippen LogP contribution is -2.18. The van der Waals surface area contributed by atoms with Gasteiger partial charge in [0.25, 0.3) is 0 Å². The van der Waals surface area contributed by atoms with Crippen LogP contribution >= 0.6 is 22.6 Å². The maximum absolute atomic E-state index is 9.00. The van der Waals surface area contributed by atoms with Gasteiger partial charge in [0, 0.05) is 16.2 Å². The van der Waals surface area contributed by atoms with Gasteiger partial charge in [0.1, 0.15) is 0 Å². The van der Waals surface area contributed by atoms with Gasteiger partial charge < -0.3 is 10.4 Å². The lowest BCUT2D eigenvalue weighted by molar-refractivity contribution is 0.282. The van der Waals surface area contributed by atoms with Gasteiger partial charge >= 0.3 is 0 Å². The molecule has 1 atom stereocenters. The van der Waals surface area contributed by atoms with E-state index in [0.29, 0.717) is 6.04 Å². The Morgan fingerprint density at radius 2 is 1.58 bits per heavy atom. The highest BCUT2D eigenvalue weighted by Crippen LogP contribution is 2.15. The second kappa shape index (κ2) is 7.03. The van der Waals surface area contributed by atoms with Crippen LogP contribution in [0.2, 0.25) is 0 Å². The molecule has 2 aromatic carbocycles. The predicted molar refractivity (Wildman–Crippen MR) is 86.8 cm³/mol. The molecule has 3 heteroatoms. The van der Waals surface area contributed by atoms with Crippen LogP contribution in [0.4, 0.5) is 0 Å². The molecule has 0 aliphatic rings. The first-order valence-electron chi connectivity index (χ1n) is 6.36. The standard InChI is InChI=1S/C16H18INO/c1-12(15-6-8-16(17)9-7-15)18-10-13-2-4-14(11-19)5-3-13/h2-9,12,18-19H,10-11H2,1H3. The van der Waals surface area contributed by atoms with Gasteiger partial charge in [-0.3, -0.25) is 0 Å². The lowest BCUT2D eigenvalue weighted by Gasteiger charge is -2.14. The van der Waals surface area contributed by atoms with Crippen molar-refractivity contribution >= 4 is 22.6 Å². The molecule has 0 saturated heterocycles. The molecule has 2 aromatic rings. The third-order valence-electron chi connectivity index (χ3n) is 3.19. The highest BCUT2D eigenvalue weighted by molar-refractivity contribution is 14.1. The summed E-state index contributed by atoms with van der Waals surface area (Å²) in [6, 6.07) is 16.9. The van der Waals surface area contributed by atoms with Crippen LogP contribution in [0.25, 0.3) is 0 Å². The van der Waals surface area contributed by atoms with Crippen molar-refractivity contribution in [1.29, 1.82) is 0 Å². The zero-order chi connectivity index (χ0) is 13.7. The molecule has 0 aromatic heterocycles. The van der Waals surface area contributed by atoms with E-state index in [-0.39, 0.29) is 6.61 Å². The van der Waals surface area contributed by atoms with E-state index in [9.17, 15) is 0 Å². The summed E-state index contributed by atoms with van der Waals surface area (Å²) in [5, 5.41) is 12.5. The first-order chi connectivity index (χ1) is 9.19. The smallest absolute Gasteiger partial charge is 0.0681 e. The molecule has 0 spiro atoms. The van der Waals surface area contributed by atoms with Crippen LogP contribution in [0.1, 0.15) is 29.7 Å². The van der Waals surface area contributed by atoms with Crippen molar-refractivity contribution in [2.45, 2.75) is 26.1 Å². The minimum Gasteiger partial charge on any atom is -0.392 e. The summed E-state index contributed by atoms with van der Waals surface area (Å²) < 4.78 is 1.26. The normalized spacial score (nSPS) is 12.4. The van der Waals surface area contributed by atoms with Crippen LogP contribution in [-0.4, -0.2) is 5.11 Å². The van der Waals surface area contributed by atoms with Gasteiger partial charge in [-0.15, -0.1) is 0 Å². The van der Waals surface area contributed by atoms with E-state index in [0.717, 1.165) is 12.1 Å². The molecule has 0 aliphatic heterocycles. The van der Waals surface area contributed by atoms with Crippen molar-refractivity contribution in [3.05, 3.63) is 68.8 Å². The third-order valence-corrected chi connectivity index (χ3v) is 3.91. The largest absolute Gasteiger partial charge is 0.392 e. The lowest BCUT2D eigenvalue weighted by atomic mass is 10.1. The van der Waals surface area contributed by atoms with Gasteiger partial charge in [-0.25, -0.2) is 0 Å². The molecule has 0 heterocycles. The van der Waals surface area contributed by atoms with Crippen molar-refractivity contribution in [2.75, 3.05) is 0 Å². The summed E-state index contributed by atoms with van der Waals surface area (Å²) in [4.78, 5) is 0. The molecule has 0 aliphatic carbocycles. The minimum atomic E-state index is 0.104. The molecule has 2 nitrogen and oxygen atoms in total. The summed E-state index contributed by atoms with van der Waals surface area (Å²) >= 11 is 2.32. The summed E-state index contributed by atoms with van der Waals surface area (Å²) in [6.07, 6.45) is 0. The van der Waals surface area contributed by atoms with Crippen LogP contribution < -0.4 is 5.32 Å². The highest BCUT2D eigenvalue weighted by Gasteiger charge is 2.04. The fourth-order valence-electron chi connectivity index (χ4n) is 1.90. The summed E-state index contributed by atoms with van der Waals surface area (Å²) in [5.41, 5.74) is 3.48. The molecule has 0 amide bonds.